The van der Waals surface area contributed by atoms with Crippen molar-refractivity contribution in [3.8, 4) is 5.75 Å². The quantitative estimate of drug-likeness (QED) is 0.857. The molecule has 112 valence electrons. The number of hydrogen-bond acceptors (Lipinski definition) is 3. The number of ether oxygens (including phenoxy) is 1. The lowest BCUT2D eigenvalue weighted by Gasteiger charge is -2.22. The minimum atomic E-state index is 0.0544. The molecular formula is C17H21BrN2O. The molecule has 0 bridgehead atoms. The number of anilines is 1. The van der Waals surface area contributed by atoms with Crippen LogP contribution >= 0.6 is 15.9 Å². The lowest BCUT2D eigenvalue weighted by molar-refractivity contribution is 0.415. The highest BCUT2D eigenvalue weighted by atomic mass is 79.9. The summed E-state index contributed by atoms with van der Waals surface area (Å²) in [7, 11) is 3.76. The third-order valence-electron chi connectivity index (χ3n) is 3.59. The predicted octanol–water partition coefficient (Wildman–Crippen LogP) is 3.98. The maximum atomic E-state index is 6.26. The van der Waals surface area contributed by atoms with E-state index in [1.807, 2.05) is 24.3 Å². The fraction of sp³-hybridized carbons (Fsp3) is 0.294. The summed E-state index contributed by atoms with van der Waals surface area (Å²) in [5.41, 5.74) is 8.59. The van der Waals surface area contributed by atoms with E-state index in [1.165, 1.54) is 11.3 Å². The monoisotopic (exact) mass is 348 g/mol. The third kappa shape index (κ3) is 4.48. The van der Waals surface area contributed by atoms with Crippen molar-refractivity contribution >= 4 is 21.6 Å². The summed E-state index contributed by atoms with van der Waals surface area (Å²) in [4.78, 5) is 2.21. The molecule has 0 saturated heterocycles. The highest BCUT2D eigenvalue weighted by Crippen LogP contribution is 2.21. The van der Waals surface area contributed by atoms with Gasteiger partial charge in [0.1, 0.15) is 5.75 Å². The summed E-state index contributed by atoms with van der Waals surface area (Å²) >= 11 is 3.44. The molecule has 2 rings (SSSR count). The summed E-state index contributed by atoms with van der Waals surface area (Å²) < 4.78 is 6.25. The standard InChI is InChI=1S/C17H21BrN2O/c1-20(15-7-9-16(21-2)10-8-15)12-11-17(19)13-3-5-14(18)6-4-13/h3-10,17H,11-12,19H2,1-2H3. The summed E-state index contributed by atoms with van der Waals surface area (Å²) in [6, 6.07) is 16.3. The van der Waals surface area contributed by atoms with Gasteiger partial charge in [-0.3, -0.25) is 0 Å². The molecule has 0 aliphatic carbocycles. The van der Waals surface area contributed by atoms with Crippen LogP contribution in [0, 0.1) is 0 Å². The maximum absolute atomic E-state index is 6.26. The highest BCUT2D eigenvalue weighted by Gasteiger charge is 2.08. The molecule has 4 heteroatoms. The number of methoxy groups -OCH3 is 1. The summed E-state index contributed by atoms with van der Waals surface area (Å²) in [5.74, 6) is 0.874. The first-order chi connectivity index (χ1) is 10.1. The van der Waals surface area contributed by atoms with Crippen molar-refractivity contribution in [3.63, 3.8) is 0 Å². The van der Waals surface area contributed by atoms with Gasteiger partial charge in [-0.25, -0.2) is 0 Å². The first kappa shape index (κ1) is 15.9. The molecule has 0 radical (unpaired) electrons. The van der Waals surface area contributed by atoms with E-state index in [0.29, 0.717) is 0 Å². The number of nitrogens with two attached hydrogens (primary N) is 1. The van der Waals surface area contributed by atoms with E-state index in [2.05, 4.69) is 52.1 Å². The van der Waals surface area contributed by atoms with E-state index < -0.39 is 0 Å². The van der Waals surface area contributed by atoms with E-state index in [9.17, 15) is 0 Å². The Kier molecular flexibility index (Phi) is 5.65. The fourth-order valence-electron chi connectivity index (χ4n) is 2.18. The molecule has 3 nitrogen and oxygen atoms in total. The Morgan fingerprint density at radius 3 is 2.29 bits per heavy atom. The lowest BCUT2D eigenvalue weighted by atomic mass is 10.0. The van der Waals surface area contributed by atoms with Crippen molar-refractivity contribution in [2.24, 2.45) is 5.73 Å². The molecule has 2 N–H and O–H groups in total. The average Bonchev–Trinajstić information content (AvgIpc) is 2.53. The fourth-order valence-corrected chi connectivity index (χ4v) is 2.44. The Morgan fingerprint density at radius 1 is 1.10 bits per heavy atom. The van der Waals surface area contributed by atoms with Crippen LogP contribution < -0.4 is 15.4 Å². The average molecular weight is 349 g/mol. The van der Waals surface area contributed by atoms with Crippen LogP contribution in [0.2, 0.25) is 0 Å². The van der Waals surface area contributed by atoms with Crippen LogP contribution in [-0.2, 0) is 0 Å². The number of halogens is 1. The Labute approximate surface area is 134 Å². The molecule has 1 unspecified atom stereocenters. The van der Waals surface area contributed by atoms with Crippen molar-refractivity contribution in [2.45, 2.75) is 12.5 Å². The minimum absolute atomic E-state index is 0.0544. The van der Waals surface area contributed by atoms with Gasteiger partial charge in [-0.1, -0.05) is 28.1 Å². The van der Waals surface area contributed by atoms with Crippen LogP contribution in [0.4, 0.5) is 5.69 Å². The summed E-state index contributed by atoms with van der Waals surface area (Å²) in [5, 5.41) is 0. The van der Waals surface area contributed by atoms with Gasteiger partial charge in [0.25, 0.3) is 0 Å². The van der Waals surface area contributed by atoms with Crippen molar-refractivity contribution < 1.29 is 4.74 Å². The zero-order valence-corrected chi connectivity index (χ0v) is 14.0. The minimum Gasteiger partial charge on any atom is -0.497 e. The second-order valence-corrected chi connectivity index (χ2v) is 5.98. The molecule has 2 aromatic carbocycles. The molecule has 0 aliphatic heterocycles. The van der Waals surface area contributed by atoms with Gasteiger partial charge in [0.15, 0.2) is 0 Å². The molecule has 2 aromatic rings. The highest BCUT2D eigenvalue weighted by molar-refractivity contribution is 9.10. The molecule has 0 aliphatic rings. The maximum Gasteiger partial charge on any atom is 0.119 e. The predicted molar refractivity (Wildman–Crippen MR) is 92.0 cm³/mol. The van der Waals surface area contributed by atoms with Crippen LogP contribution in [0.25, 0.3) is 0 Å². The molecule has 0 fully saturated rings. The van der Waals surface area contributed by atoms with Crippen LogP contribution in [0.3, 0.4) is 0 Å². The van der Waals surface area contributed by atoms with Gasteiger partial charge >= 0.3 is 0 Å². The Hall–Kier alpha value is -1.52. The van der Waals surface area contributed by atoms with E-state index in [4.69, 9.17) is 10.5 Å². The van der Waals surface area contributed by atoms with Crippen molar-refractivity contribution in [3.05, 3.63) is 58.6 Å². The van der Waals surface area contributed by atoms with Gasteiger partial charge in [0.2, 0.25) is 0 Å². The smallest absolute Gasteiger partial charge is 0.119 e. The Morgan fingerprint density at radius 2 is 1.71 bits per heavy atom. The van der Waals surface area contributed by atoms with Crippen molar-refractivity contribution in [1.82, 2.24) is 0 Å². The SMILES string of the molecule is COc1ccc(N(C)CCC(N)c2ccc(Br)cc2)cc1. The molecule has 0 amide bonds. The van der Waals surface area contributed by atoms with Gasteiger partial charge in [-0.05, 0) is 48.4 Å². The zero-order valence-electron chi connectivity index (χ0n) is 12.4. The first-order valence-electron chi connectivity index (χ1n) is 6.96. The summed E-state index contributed by atoms with van der Waals surface area (Å²) in [6.45, 7) is 0.906. The van der Waals surface area contributed by atoms with Crippen LogP contribution in [0.5, 0.6) is 5.75 Å². The molecular weight excluding hydrogens is 328 g/mol. The van der Waals surface area contributed by atoms with E-state index in [-0.39, 0.29) is 6.04 Å². The largest absolute Gasteiger partial charge is 0.497 e. The molecule has 21 heavy (non-hydrogen) atoms. The van der Waals surface area contributed by atoms with Crippen LogP contribution in [0.15, 0.2) is 53.0 Å². The van der Waals surface area contributed by atoms with Gasteiger partial charge in [0, 0.05) is 29.8 Å². The molecule has 0 aromatic heterocycles. The first-order valence-corrected chi connectivity index (χ1v) is 7.75. The molecule has 0 spiro atoms. The topological polar surface area (TPSA) is 38.5 Å². The van der Waals surface area contributed by atoms with E-state index >= 15 is 0 Å². The van der Waals surface area contributed by atoms with Gasteiger partial charge in [-0.2, -0.15) is 0 Å². The number of rotatable bonds is 6. The van der Waals surface area contributed by atoms with E-state index in [0.717, 1.165) is 23.2 Å². The Balaban J connectivity index is 1.90. The normalized spacial score (nSPS) is 12.0. The van der Waals surface area contributed by atoms with E-state index in [1.54, 1.807) is 7.11 Å². The summed E-state index contributed by atoms with van der Waals surface area (Å²) in [6.07, 6.45) is 0.907. The molecule has 0 heterocycles. The van der Waals surface area contributed by atoms with Crippen LogP contribution in [-0.4, -0.2) is 20.7 Å². The van der Waals surface area contributed by atoms with Crippen molar-refractivity contribution in [1.29, 1.82) is 0 Å². The molecule has 1 atom stereocenters. The number of hydrogen-bond donors (Lipinski definition) is 1. The molecule has 0 saturated carbocycles. The van der Waals surface area contributed by atoms with Crippen molar-refractivity contribution in [2.75, 3.05) is 25.6 Å². The second-order valence-electron chi connectivity index (χ2n) is 5.07. The zero-order chi connectivity index (χ0) is 15.2. The van der Waals surface area contributed by atoms with Gasteiger partial charge in [-0.15, -0.1) is 0 Å². The lowest BCUT2D eigenvalue weighted by Crippen LogP contribution is -2.23. The van der Waals surface area contributed by atoms with Gasteiger partial charge in [0.05, 0.1) is 7.11 Å². The van der Waals surface area contributed by atoms with Crippen LogP contribution in [0.1, 0.15) is 18.0 Å². The number of nitrogens with zero attached hydrogens (tertiary/aromatic N) is 1. The van der Waals surface area contributed by atoms with Gasteiger partial charge < -0.3 is 15.4 Å². The Bertz CT molecular complexity index is 554. The second kappa shape index (κ2) is 7.48. The third-order valence-corrected chi connectivity index (χ3v) is 4.12. The number of benzene rings is 2.